The maximum absolute atomic E-state index is 10.7. The van der Waals surface area contributed by atoms with E-state index in [0.29, 0.717) is 8.95 Å². The number of halogens is 2. The van der Waals surface area contributed by atoms with Crippen molar-refractivity contribution in [2.75, 3.05) is 5.73 Å². The van der Waals surface area contributed by atoms with Crippen LogP contribution < -0.4 is 10.5 Å². The van der Waals surface area contributed by atoms with E-state index in [1.807, 2.05) is 0 Å². The van der Waals surface area contributed by atoms with E-state index in [2.05, 4.69) is 41.8 Å². The van der Waals surface area contributed by atoms with E-state index in [4.69, 9.17) is 10.5 Å². The molecule has 7 nitrogen and oxygen atoms in total. The molecule has 0 aliphatic heterocycles. The topological polar surface area (TPSA) is 104 Å². The van der Waals surface area contributed by atoms with Gasteiger partial charge in [0.1, 0.15) is 0 Å². The second-order valence-electron chi connectivity index (χ2n) is 3.36. The zero-order valence-electron chi connectivity index (χ0n) is 9.21. The Morgan fingerprint density at radius 2 is 2.05 bits per heavy atom. The Labute approximate surface area is 124 Å². The van der Waals surface area contributed by atoms with Crippen LogP contribution in [-0.4, -0.2) is 14.9 Å². The molecule has 2 aromatic rings. The third kappa shape index (κ3) is 3.18. The number of ether oxygens (including phenoxy) is 1. The lowest BCUT2D eigenvalue weighted by molar-refractivity contribution is -0.384. The Morgan fingerprint density at radius 3 is 2.74 bits per heavy atom. The molecule has 0 spiro atoms. The van der Waals surface area contributed by atoms with Gasteiger partial charge in [0.05, 0.1) is 26.1 Å². The summed E-state index contributed by atoms with van der Waals surface area (Å²) in [5.41, 5.74) is 5.37. The average Bonchev–Trinajstić information content (AvgIpc) is 2.36. The number of non-ortho nitro benzene ring substituents is 1. The second-order valence-corrected chi connectivity index (χ2v) is 5.06. The van der Waals surface area contributed by atoms with Crippen molar-refractivity contribution in [3.63, 3.8) is 0 Å². The van der Waals surface area contributed by atoms with Gasteiger partial charge < -0.3 is 10.5 Å². The van der Waals surface area contributed by atoms with Crippen molar-refractivity contribution in [3.8, 4) is 11.6 Å². The van der Waals surface area contributed by atoms with Crippen molar-refractivity contribution < 1.29 is 9.66 Å². The van der Waals surface area contributed by atoms with Gasteiger partial charge in [-0.3, -0.25) is 10.1 Å². The van der Waals surface area contributed by atoms with E-state index in [0.717, 1.165) is 0 Å². The molecule has 0 saturated heterocycles. The van der Waals surface area contributed by atoms with Crippen molar-refractivity contribution in [1.29, 1.82) is 0 Å². The molecular formula is C10H6Br2N4O3. The quantitative estimate of drug-likeness (QED) is 0.637. The molecule has 0 unspecified atom stereocenters. The minimum Gasteiger partial charge on any atom is -0.436 e. The molecule has 0 aliphatic rings. The lowest BCUT2D eigenvalue weighted by Gasteiger charge is -2.08. The molecule has 1 heterocycles. The lowest BCUT2D eigenvalue weighted by atomic mass is 10.3. The van der Waals surface area contributed by atoms with E-state index in [1.165, 1.54) is 24.4 Å². The normalized spacial score (nSPS) is 10.2. The highest BCUT2D eigenvalue weighted by molar-refractivity contribution is 9.11. The third-order valence-electron chi connectivity index (χ3n) is 2.06. The average molecular weight is 390 g/mol. The Kier molecular flexibility index (Phi) is 3.96. The summed E-state index contributed by atoms with van der Waals surface area (Å²) in [7, 11) is 0. The first kappa shape index (κ1) is 13.7. The number of aromatic nitrogens is 2. The van der Waals surface area contributed by atoms with Crippen LogP contribution in [0, 0.1) is 10.1 Å². The highest BCUT2D eigenvalue weighted by atomic mass is 79.9. The third-order valence-corrected chi connectivity index (χ3v) is 3.26. The number of hydrogen-bond donors (Lipinski definition) is 1. The van der Waals surface area contributed by atoms with E-state index in [9.17, 15) is 10.1 Å². The molecule has 0 amide bonds. The molecule has 9 heteroatoms. The number of rotatable bonds is 3. The van der Waals surface area contributed by atoms with Crippen LogP contribution in [0.3, 0.4) is 0 Å². The number of hydrogen-bond acceptors (Lipinski definition) is 6. The van der Waals surface area contributed by atoms with Crippen molar-refractivity contribution >= 4 is 43.5 Å². The van der Waals surface area contributed by atoms with Gasteiger partial charge in [0.25, 0.3) is 5.69 Å². The SMILES string of the molecule is Nc1ncc(Br)c(Oc2cc([N+](=O)[O-])ccc2Br)n1. The fourth-order valence-electron chi connectivity index (χ4n) is 1.22. The van der Waals surface area contributed by atoms with Gasteiger partial charge in [-0.1, -0.05) is 0 Å². The number of benzene rings is 1. The molecule has 0 atom stereocenters. The van der Waals surface area contributed by atoms with Gasteiger partial charge in [0.15, 0.2) is 5.75 Å². The van der Waals surface area contributed by atoms with Crippen LogP contribution in [0.5, 0.6) is 11.6 Å². The van der Waals surface area contributed by atoms with Gasteiger partial charge >= 0.3 is 0 Å². The van der Waals surface area contributed by atoms with Gasteiger partial charge in [-0.15, -0.1) is 0 Å². The molecule has 98 valence electrons. The summed E-state index contributed by atoms with van der Waals surface area (Å²) < 4.78 is 6.53. The first-order chi connectivity index (χ1) is 8.97. The summed E-state index contributed by atoms with van der Waals surface area (Å²) in [6, 6.07) is 4.17. The minimum absolute atomic E-state index is 0.0414. The summed E-state index contributed by atoms with van der Waals surface area (Å²) in [6.45, 7) is 0. The van der Waals surface area contributed by atoms with Gasteiger partial charge in [0, 0.05) is 6.07 Å². The van der Waals surface area contributed by atoms with Crippen molar-refractivity contribution in [2.24, 2.45) is 0 Å². The number of nitro benzene ring substituents is 1. The number of nitro groups is 1. The van der Waals surface area contributed by atoms with E-state index < -0.39 is 4.92 Å². The summed E-state index contributed by atoms with van der Waals surface area (Å²) in [6.07, 6.45) is 1.43. The van der Waals surface area contributed by atoms with Gasteiger partial charge in [-0.05, 0) is 37.9 Å². The highest BCUT2D eigenvalue weighted by Gasteiger charge is 2.13. The summed E-state index contributed by atoms with van der Waals surface area (Å²) in [4.78, 5) is 17.9. The molecule has 0 aliphatic carbocycles. The van der Waals surface area contributed by atoms with Crippen molar-refractivity contribution in [2.45, 2.75) is 0 Å². The predicted octanol–water partition coefficient (Wildman–Crippen LogP) is 3.28. The fourth-order valence-corrected chi connectivity index (χ4v) is 1.82. The fraction of sp³-hybridized carbons (Fsp3) is 0. The zero-order chi connectivity index (χ0) is 14.0. The Hall–Kier alpha value is -1.74. The number of nitrogen functional groups attached to an aromatic ring is 1. The first-order valence-corrected chi connectivity index (χ1v) is 6.46. The molecule has 0 radical (unpaired) electrons. The summed E-state index contributed by atoms with van der Waals surface area (Å²) >= 11 is 6.45. The molecule has 1 aromatic carbocycles. The van der Waals surface area contributed by atoms with E-state index in [1.54, 1.807) is 0 Å². The summed E-state index contributed by atoms with van der Waals surface area (Å²) in [5, 5.41) is 10.7. The monoisotopic (exact) mass is 388 g/mol. The van der Waals surface area contributed by atoms with Crippen LogP contribution in [0.4, 0.5) is 11.6 Å². The first-order valence-electron chi connectivity index (χ1n) is 4.87. The van der Waals surface area contributed by atoms with E-state index in [-0.39, 0.29) is 23.3 Å². The Morgan fingerprint density at radius 1 is 1.32 bits per heavy atom. The molecule has 0 bridgehead atoms. The molecule has 0 fully saturated rings. The molecule has 2 N–H and O–H groups in total. The minimum atomic E-state index is -0.511. The second kappa shape index (κ2) is 5.49. The maximum Gasteiger partial charge on any atom is 0.273 e. The van der Waals surface area contributed by atoms with E-state index >= 15 is 0 Å². The number of nitrogens with two attached hydrogens (primary N) is 1. The molecule has 19 heavy (non-hydrogen) atoms. The molecule has 1 aromatic heterocycles. The maximum atomic E-state index is 10.7. The summed E-state index contributed by atoms with van der Waals surface area (Å²) in [5.74, 6) is 0.474. The molecular weight excluding hydrogens is 384 g/mol. The van der Waals surface area contributed by atoms with Crippen LogP contribution >= 0.6 is 31.9 Å². The van der Waals surface area contributed by atoms with Crippen LogP contribution in [-0.2, 0) is 0 Å². The van der Waals surface area contributed by atoms with Crippen molar-refractivity contribution in [3.05, 3.63) is 43.5 Å². The predicted molar refractivity (Wildman–Crippen MR) is 75.0 cm³/mol. The number of anilines is 1. The van der Waals surface area contributed by atoms with Crippen LogP contribution in [0.25, 0.3) is 0 Å². The van der Waals surface area contributed by atoms with Crippen LogP contribution in [0.15, 0.2) is 33.3 Å². The Balaban J connectivity index is 2.40. The largest absolute Gasteiger partial charge is 0.436 e. The van der Waals surface area contributed by atoms with Gasteiger partial charge in [-0.25, -0.2) is 4.98 Å². The van der Waals surface area contributed by atoms with Crippen LogP contribution in [0.1, 0.15) is 0 Å². The van der Waals surface area contributed by atoms with Crippen molar-refractivity contribution in [1.82, 2.24) is 9.97 Å². The smallest absolute Gasteiger partial charge is 0.273 e. The zero-order valence-corrected chi connectivity index (χ0v) is 12.4. The number of nitrogens with zero attached hydrogens (tertiary/aromatic N) is 3. The van der Waals surface area contributed by atoms with Crippen LogP contribution in [0.2, 0.25) is 0 Å². The lowest BCUT2D eigenvalue weighted by Crippen LogP contribution is -1.98. The van der Waals surface area contributed by atoms with Gasteiger partial charge in [-0.2, -0.15) is 4.98 Å². The molecule has 2 rings (SSSR count). The highest BCUT2D eigenvalue weighted by Crippen LogP contribution is 2.34. The van der Waals surface area contributed by atoms with Gasteiger partial charge in [0.2, 0.25) is 11.8 Å². The Bertz CT molecular complexity index is 651. The molecule has 0 saturated carbocycles. The standard InChI is InChI=1S/C10H6Br2N4O3/c11-6-2-1-5(16(17)18)3-8(6)19-9-7(12)4-14-10(13)15-9/h1-4H,(H2,13,14,15).